The minimum absolute atomic E-state index is 0.0120. The van der Waals surface area contributed by atoms with Gasteiger partial charge in [-0.05, 0) is 12.1 Å². The average molecular weight is 308 g/mol. The first kappa shape index (κ1) is 13.9. The summed E-state index contributed by atoms with van der Waals surface area (Å²) in [4.78, 5) is 4.26. The van der Waals surface area contributed by atoms with E-state index in [-0.39, 0.29) is 12.6 Å². The van der Waals surface area contributed by atoms with Gasteiger partial charge in [-0.1, -0.05) is 12.1 Å². The topological polar surface area (TPSA) is 117 Å². The molecule has 1 aromatic heterocycles. The molecule has 2 aromatic rings. The van der Waals surface area contributed by atoms with E-state index in [9.17, 15) is 15.3 Å². The molecule has 0 radical (unpaired) electrons. The van der Waals surface area contributed by atoms with Gasteiger partial charge in [-0.15, -0.1) is 0 Å². The highest BCUT2D eigenvalue weighted by Gasteiger charge is 2.59. The van der Waals surface area contributed by atoms with E-state index < -0.39 is 36.7 Å². The maximum Gasteiger partial charge on any atom is 0.296 e. The number of aromatic nitrogens is 1. The van der Waals surface area contributed by atoms with Crippen LogP contribution in [0, 0.1) is 0 Å². The van der Waals surface area contributed by atoms with Crippen LogP contribution in [0.2, 0.25) is 0 Å². The van der Waals surface area contributed by atoms with Crippen LogP contribution in [-0.2, 0) is 9.47 Å². The third-order valence-electron chi connectivity index (χ3n) is 4.22. The molecule has 3 heterocycles. The fraction of sp³-hybridized carbons (Fsp3) is 0.500. The number of hydrogen-bond donors (Lipinski definition) is 4. The second-order valence-corrected chi connectivity index (χ2v) is 5.61. The van der Waals surface area contributed by atoms with E-state index in [1.54, 1.807) is 12.1 Å². The highest BCUT2D eigenvalue weighted by Crippen LogP contribution is 2.37. The quantitative estimate of drug-likeness (QED) is 0.596. The molecule has 2 aliphatic heterocycles. The Morgan fingerprint density at radius 3 is 2.91 bits per heavy atom. The number of anilines is 1. The van der Waals surface area contributed by atoms with Crippen LogP contribution < -0.4 is 5.32 Å². The molecule has 0 amide bonds. The summed E-state index contributed by atoms with van der Waals surface area (Å²) in [5, 5.41) is 32.8. The fourth-order valence-corrected chi connectivity index (χ4v) is 2.93. The molecule has 8 heteroatoms. The van der Waals surface area contributed by atoms with Crippen molar-refractivity contribution in [1.82, 2.24) is 4.98 Å². The molecule has 8 nitrogen and oxygen atoms in total. The fourth-order valence-electron chi connectivity index (χ4n) is 2.93. The molecule has 0 unspecified atom stereocenters. The van der Waals surface area contributed by atoms with Crippen molar-refractivity contribution in [2.24, 2.45) is 0 Å². The largest absolute Gasteiger partial charge is 0.424 e. The molecule has 118 valence electrons. The van der Waals surface area contributed by atoms with Crippen molar-refractivity contribution in [3.63, 3.8) is 0 Å². The Bertz CT molecular complexity index is 658. The second-order valence-electron chi connectivity index (χ2n) is 5.61. The number of aliphatic hydroxyl groups excluding tert-OH is 3. The zero-order valence-corrected chi connectivity index (χ0v) is 11.5. The number of aliphatic hydroxyl groups is 3. The molecule has 2 aliphatic rings. The minimum atomic E-state index is -1.28. The first-order valence-corrected chi connectivity index (χ1v) is 7.01. The SMILES string of the molecule is OC[C@@]12CO[C@@H](O1)[C@H](Nc1nc3ccccc3o1)[C@@H](O)[C@H]2O. The Kier molecular flexibility index (Phi) is 3.10. The Balaban J connectivity index is 1.60. The molecule has 4 rings (SSSR count). The number of hydrogen-bond acceptors (Lipinski definition) is 8. The summed E-state index contributed by atoms with van der Waals surface area (Å²) in [6.07, 6.45) is -3.28. The second kappa shape index (κ2) is 4.90. The lowest BCUT2D eigenvalue weighted by molar-refractivity contribution is -0.225. The van der Waals surface area contributed by atoms with E-state index in [0.29, 0.717) is 11.1 Å². The normalized spacial score (nSPS) is 37.6. The number of oxazole rings is 1. The van der Waals surface area contributed by atoms with Crippen LogP contribution >= 0.6 is 0 Å². The zero-order chi connectivity index (χ0) is 15.3. The lowest BCUT2D eigenvalue weighted by Crippen LogP contribution is -2.64. The molecular weight excluding hydrogens is 292 g/mol. The average Bonchev–Trinajstić information content (AvgIpc) is 3.12. The molecule has 2 saturated heterocycles. The number of ether oxygens (including phenoxy) is 2. The molecule has 2 bridgehead atoms. The van der Waals surface area contributed by atoms with Crippen molar-refractivity contribution in [2.45, 2.75) is 30.1 Å². The van der Waals surface area contributed by atoms with Crippen molar-refractivity contribution in [1.29, 1.82) is 0 Å². The van der Waals surface area contributed by atoms with Gasteiger partial charge in [0.15, 0.2) is 11.9 Å². The summed E-state index contributed by atoms with van der Waals surface area (Å²) in [7, 11) is 0. The number of benzene rings is 1. The number of para-hydroxylation sites is 2. The third kappa shape index (κ3) is 1.93. The van der Waals surface area contributed by atoms with Crippen molar-refractivity contribution in [3.05, 3.63) is 24.3 Å². The maximum absolute atomic E-state index is 10.3. The van der Waals surface area contributed by atoms with Crippen molar-refractivity contribution >= 4 is 17.1 Å². The van der Waals surface area contributed by atoms with Crippen LogP contribution in [0.5, 0.6) is 0 Å². The van der Waals surface area contributed by atoms with Crippen LogP contribution in [0.3, 0.4) is 0 Å². The van der Waals surface area contributed by atoms with E-state index in [0.717, 1.165) is 0 Å². The van der Waals surface area contributed by atoms with E-state index >= 15 is 0 Å². The van der Waals surface area contributed by atoms with Gasteiger partial charge < -0.3 is 34.5 Å². The van der Waals surface area contributed by atoms with Gasteiger partial charge in [-0.25, -0.2) is 0 Å². The number of nitrogens with zero attached hydrogens (tertiary/aromatic N) is 1. The number of rotatable bonds is 3. The van der Waals surface area contributed by atoms with Crippen LogP contribution in [0.4, 0.5) is 6.01 Å². The zero-order valence-electron chi connectivity index (χ0n) is 11.5. The van der Waals surface area contributed by atoms with E-state index in [2.05, 4.69) is 10.3 Å². The molecule has 4 N–H and O–H groups in total. The predicted octanol–water partition coefficient (Wildman–Crippen LogP) is -0.552. The summed E-state index contributed by atoms with van der Waals surface area (Å²) in [6, 6.07) is 6.69. The van der Waals surface area contributed by atoms with Gasteiger partial charge in [-0.2, -0.15) is 4.98 Å². The Morgan fingerprint density at radius 1 is 1.32 bits per heavy atom. The van der Waals surface area contributed by atoms with Gasteiger partial charge in [0.25, 0.3) is 6.01 Å². The molecule has 0 spiro atoms. The smallest absolute Gasteiger partial charge is 0.296 e. The van der Waals surface area contributed by atoms with E-state index in [1.165, 1.54) is 0 Å². The van der Waals surface area contributed by atoms with Crippen LogP contribution in [0.1, 0.15) is 0 Å². The van der Waals surface area contributed by atoms with Crippen LogP contribution in [-0.4, -0.2) is 63.7 Å². The molecule has 2 fully saturated rings. The molecule has 1 aromatic carbocycles. The summed E-state index contributed by atoms with van der Waals surface area (Å²) in [5.41, 5.74) is 0.00597. The highest BCUT2D eigenvalue weighted by molar-refractivity contribution is 5.74. The first-order valence-electron chi connectivity index (χ1n) is 7.01. The van der Waals surface area contributed by atoms with Gasteiger partial charge in [0, 0.05) is 0 Å². The van der Waals surface area contributed by atoms with Crippen LogP contribution in [0.15, 0.2) is 28.7 Å². The lowest BCUT2D eigenvalue weighted by atomic mass is 9.88. The monoisotopic (exact) mass is 308 g/mol. The van der Waals surface area contributed by atoms with Gasteiger partial charge in [0.05, 0.1) is 13.2 Å². The first-order chi connectivity index (χ1) is 10.6. The third-order valence-corrected chi connectivity index (χ3v) is 4.22. The lowest BCUT2D eigenvalue weighted by Gasteiger charge is -2.41. The standard InChI is InChI=1S/C14H16N2O6/c17-5-14-6-20-12(22-14)9(10(18)11(14)19)16-13-15-7-3-1-2-4-8(7)21-13/h1-4,9-12,17-19H,5-6H2,(H,15,16)/t9-,10-,11-,12+,14+/m1/s1. The van der Waals surface area contributed by atoms with Crippen molar-refractivity contribution in [2.75, 3.05) is 18.5 Å². The number of nitrogens with one attached hydrogen (secondary N) is 1. The van der Waals surface area contributed by atoms with E-state index in [4.69, 9.17) is 13.9 Å². The van der Waals surface area contributed by atoms with Crippen molar-refractivity contribution < 1.29 is 29.2 Å². The summed E-state index contributed by atoms with van der Waals surface area (Å²) < 4.78 is 16.5. The Labute approximate surface area is 125 Å². The molecule has 0 aliphatic carbocycles. The Morgan fingerprint density at radius 2 is 2.14 bits per heavy atom. The van der Waals surface area contributed by atoms with Gasteiger partial charge >= 0.3 is 0 Å². The highest BCUT2D eigenvalue weighted by atomic mass is 16.7. The maximum atomic E-state index is 10.3. The predicted molar refractivity (Wildman–Crippen MR) is 74.1 cm³/mol. The molecular formula is C14H16N2O6. The minimum Gasteiger partial charge on any atom is -0.424 e. The van der Waals surface area contributed by atoms with Gasteiger partial charge in [-0.3, -0.25) is 0 Å². The van der Waals surface area contributed by atoms with Crippen LogP contribution in [0.25, 0.3) is 11.1 Å². The molecule has 5 atom stereocenters. The van der Waals surface area contributed by atoms with Gasteiger partial charge in [0.2, 0.25) is 0 Å². The molecule has 0 saturated carbocycles. The summed E-state index contributed by atoms with van der Waals surface area (Å²) in [6.45, 7) is -0.421. The Hall–Kier alpha value is -1.71. The number of fused-ring (bicyclic) bond motifs is 3. The van der Waals surface area contributed by atoms with Gasteiger partial charge in [0.1, 0.15) is 29.4 Å². The summed E-state index contributed by atoms with van der Waals surface area (Å²) >= 11 is 0. The molecule has 22 heavy (non-hydrogen) atoms. The van der Waals surface area contributed by atoms with E-state index in [1.807, 2.05) is 12.1 Å². The van der Waals surface area contributed by atoms with Crippen molar-refractivity contribution in [3.8, 4) is 0 Å². The summed E-state index contributed by atoms with van der Waals surface area (Å²) in [5.74, 6) is 0.